The van der Waals surface area contributed by atoms with Crippen LogP contribution in [0.2, 0.25) is 0 Å². The predicted molar refractivity (Wildman–Crippen MR) is 213 cm³/mol. The molecule has 2 heterocycles. The van der Waals surface area contributed by atoms with E-state index >= 15 is 0 Å². The van der Waals surface area contributed by atoms with Gasteiger partial charge >= 0.3 is 26.1 Å². The molecule has 0 aromatic carbocycles. The molecule has 2 aromatic heterocycles. The topological polar surface area (TPSA) is 340 Å². The summed E-state index contributed by atoms with van der Waals surface area (Å²) in [7, 11) is 0. The van der Waals surface area contributed by atoms with Crippen molar-refractivity contribution in [3.63, 3.8) is 0 Å². The van der Waals surface area contributed by atoms with Crippen LogP contribution in [0.3, 0.4) is 0 Å². The average molecular weight is 971 g/mol. The third-order valence-corrected chi connectivity index (χ3v) is 8.68. The number of carboxylic acids is 4. The van der Waals surface area contributed by atoms with E-state index in [1.54, 1.807) is 12.4 Å². The molecule has 2 aromatic rings. The van der Waals surface area contributed by atoms with Gasteiger partial charge in [0.05, 0.1) is 47.4 Å². The Kier molecular flexibility index (Phi) is 39.0. The average Bonchev–Trinajstić information content (AvgIpc) is 3.26. The van der Waals surface area contributed by atoms with Crippen molar-refractivity contribution < 1.29 is 88.5 Å². The van der Waals surface area contributed by atoms with Gasteiger partial charge in [-0.2, -0.15) is 0 Å². The van der Waals surface area contributed by atoms with Crippen molar-refractivity contribution in [3.8, 4) is 0 Å². The van der Waals surface area contributed by atoms with E-state index in [0.717, 1.165) is 11.4 Å². The molecule has 0 unspecified atom stereocenters. The molecular weight excluding hydrogens is 913 g/mol. The SMILES string of the molecule is C=O.C=O.C=O.O=C([O-])CC[C@H](NC(=O)N[C@@H](CCCCNC(=O)CCCCCCC(=O)N[C@H](CCCCN(Cc1ccccn1)Cc1ccccn1)C(=O)[O-])C(=O)[O-])C(=O)[O-].[99Tc+4]. The van der Waals surface area contributed by atoms with Crippen LogP contribution >= 0.6 is 0 Å². The van der Waals surface area contributed by atoms with Crippen molar-refractivity contribution in [2.45, 2.75) is 121 Å². The number of urea groups is 1. The second-order valence-electron chi connectivity index (χ2n) is 13.3. The van der Waals surface area contributed by atoms with Gasteiger partial charge in [-0.15, -0.1) is 0 Å². The second kappa shape index (κ2) is 40.1. The third kappa shape index (κ3) is 32.4. The molecule has 0 saturated carbocycles. The number of carbonyl (C=O) groups is 10. The van der Waals surface area contributed by atoms with Crippen LogP contribution < -0.4 is 41.7 Å². The van der Waals surface area contributed by atoms with Crippen molar-refractivity contribution in [2.75, 3.05) is 13.1 Å². The van der Waals surface area contributed by atoms with Crippen molar-refractivity contribution in [2.24, 2.45) is 0 Å². The van der Waals surface area contributed by atoms with Crippen LogP contribution in [0.15, 0.2) is 48.8 Å². The summed E-state index contributed by atoms with van der Waals surface area (Å²) in [5.41, 5.74) is 1.83. The fourth-order valence-electron chi connectivity index (χ4n) is 5.69. The summed E-state index contributed by atoms with van der Waals surface area (Å²) in [4.78, 5) is 116. The maximum atomic E-state index is 12.5. The molecule has 4 N–H and O–H groups in total. The first kappa shape index (κ1) is 61.3. The predicted octanol–water partition coefficient (Wildman–Crippen LogP) is -2.98. The molecule has 1 radical (unpaired) electrons. The van der Waals surface area contributed by atoms with Crippen LogP contribution in [-0.2, 0) is 76.3 Å². The van der Waals surface area contributed by atoms with Gasteiger partial charge in [0.25, 0.3) is 0 Å². The first-order valence-electron chi connectivity index (χ1n) is 19.7. The Labute approximate surface area is 379 Å². The Morgan fingerprint density at radius 1 is 0.540 bits per heavy atom. The Bertz CT molecular complexity index is 1550. The number of nitrogens with zero attached hydrogens (tertiary/aromatic N) is 3. The van der Waals surface area contributed by atoms with Gasteiger partial charge in [-0.3, -0.25) is 24.5 Å². The summed E-state index contributed by atoms with van der Waals surface area (Å²) >= 11 is 0. The van der Waals surface area contributed by atoms with Crippen LogP contribution in [0.5, 0.6) is 0 Å². The minimum Gasteiger partial charge on any atom is -0.550 e. The Morgan fingerprint density at radius 2 is 0.984 bits per heavy atom. The van der Waals surface area contributed by atoms with Gasteiger partial charge in [-0.25, -0.2) is 4.79 Å². The third-order valence-electron chi connectivity index (χ3n) is 8.68. The molecule has 2 rings (SSSR count). The molecule has 0 aliphatic rings. The summed E-state index contributed by atoms with van der Waals surface area (Å²) in [6, 6.07) is 6.07. The van der Waals surface area contributed by atoms with Crippen molar-refractivity contribution >= 4 is 62.1 Å². The largest absolute Gasteiger partial charge is 4.00 e. The van der Waals surface area contributed by atoms with Gasteiger partial charge in [0, 0.05) is 50.8 Å². The minimum atomic E-state index is -1.74. The Hall–Kier alpha value is -5.99. The number of unbranched alkanes of at least 4 members (excludes halogenated alkanes) is 5. The van der Waals surface area contributed by atoms with Crippen LogP contribution in [-0.4, -0.2) is 108 Å². The van der Waals surface area contributed by atoms with E-state index in [4.69, 9.17) is 14.4 Å². The van der Waals surface area contributed by atoms with E-state index in [-0.39, 0.29) is 70.6 Å². The molecule has 63 heavy (non-hydrogen) atoms. The maximum absolute atomic E-state index is 12.5. The van der Waals surface area contributed by atoms with E-state index in [1.807, 2.05) is 62.1 Å². The normalized spacial score (nSPS) is 11.3. The molecule has 22 heteroatoms. The summed E-state index contributed by atoms with van der Waals surface area (Å²) in [6.07, 6.45) is 7.16. The molecule has 0 aliphatic carbocycles. The van der Waals surface area contributed by atoms with E-state index in [0.29, 0.717) is 64.6 Å². The van der Waals surface area contributed by atoms with E-state index in [9.17, 15) is 54.0 Å². The number of hydrogen-bond acceptors (Lipinski definition) is 17. The fraction of sp³-hybridized carbons (Fsp3) is 0.512. The molecule has 0 bridgehead atoms. The minimum absolute atomic E-state index is 0. The maximum Gasteiger partial charge on any atom is 4.00 e. The zero-order chi connectivity index (χ0) is 47.1. The van der Waals surface area contributed by atoms with Crippen LogP contribution in [0.4, 0.5) is 4.79 Å². The first-order valence-corrected chi connectivity index (χ1v) is 19.7. The molecule has 3 atom stereocenters. The summed E-state index contributed by atoms with van der Waals surface area (Å²) < 4.78 is 0. The number of carboxylic acid groups (broad SMARTS) is 4. The zero-order valence-electron chi connectivity index (χ0n) is 35.1. The summed E-state index contributed by atoms with van der Waals surface area (Å²) in [6.45, 7) is 8.15. The van der Waals surface area contributed by atoms with Gasteiger partial charge in [0.1, 0.15) is 20.4 Å². The molecule has 21 nitrogen and oxygen atoms in total. The quantitative estimate of drug-likeness (QED) is 0.0568. The smallest absolute Gasteiger partial charge is 0.550 e. The second-order valence-corrected chi connectivity index (χ2v) is 13.3. The number of pyridine rings is 2. The molecule has 0 saturated heterocycles. The van der Waals surface area contributed by atoms with E-state index in [1.165, 1.54) is 0 Å². The van der Waals surface area contributed by atoms with Crippen LogP contribution in [0, 0.1) is 0 Å². The molecule has 0 spiro atoms. The monoisotopic (exact) mass is 970 g/mol. The summed E-state index contributed by atoms with van der Waals surface area (Å²) in [5.74, 6) is -6.81. The van der Waals surface area contributed by atoms with Gasteiger partial charge in [-0.1, -0.05) is 25.0 Å². The zero-order valence-corrected chi connectivity index (χ0v) is 37.0. The van der Waals surface area contributed by atoms with Gasteiger partial charge in [-0.05, 0) is 95.0 Å². The molecule has 4 amide bonds. The molecular formula is C41H57N7O14Tc. The van der Waals surface area contributed by atoms with Gasteiger partial charge in [0.15, 0.2) is 0 Å². The Balaban J connectivity index is -0.00000492. The Morgan fingerprint density at radius 3 is 1.43 bits per heavy atom. The number of aliphatic carboxylic acids is 4. The van der Waals surface area contributed by atoms with Gasteiger partial charge in [0.2, 0.25) is 11.8 Å². The van der Waals surface area contributed by atoms with Crippen molar-refractivity contribution in [1.82, 2.24) is 36.1 Å². The number of nitrogens with one attached hydrogen (secondary N) is 4. The number of aromatic nitrogens is 2. The summed E-state index contributed by atoms with van der Waals surface area (Å²) in [5, 5.41) is 54.1. The van der Waals surface area contributed by atoms with Crippen LogP contribution in [0.25, 0.3) is 0 Å². The van der Waals surface area contributed by atoms with E-state index < -0.39 is 60.9 Å². The standard InChI is InChI=1S/C38H55N7O11.3CH2O.Tc/c46-32(41-23-11-7-15-30(36(52)53)43-38(56)44-31(37(54)55)19-20-34(48)49)17-3-1-2-4-18-33(47)42-29(35(50)51)16-8-12-24-45(25-27-13-5-9-21-39-27)26-28-14-6-10-22-40-28;3*1-2;/h5-6,9-10,13-14,21-22,29-31H,1-4,7-8,11-12,15-20,23-26H2,(H,41,46)(H,42,47)(H,48,49)(H,50,51)(H,52,53)(H,54,55)(H2,43,44,56);3*1H2;/q;;;;+4/p-4/t29-,30+,31+;;;;/m1..../s1/i;;;;1+1. The number of rotatable bonds is 30. The van der Waals surface area contributed by atoms with Crippen molar-refractivity contribution in [1.29, 1.82) is 0 Å². The van der Waals surface area contributed by atoms with E-state index in [2.05, 4.69) is 30.8 Å². The molecule has 347 valence electrons. The number of hydrogen-bond donors (Lipinski definition) is 4. The fourth-order valence-corrected chi connectivity index (χ4v) is 5.69. The van der Waals surface area contributed by atoms with Gasteiger partial charge < -0.3 is 75.3 Å². The van der Waals surface area contributed by atoms with Crippen LogP contribution in [0.1, 0.15) is 101 Å². The molecule has 0 aliphatic heterocycles. The number of amides is 4. The number of carbonyl (C=O) groups excluding carboxylic acids is 10. The first-order chi connectivity index (χ1) is 29.8. The molecule has 0 fully saturated rings. The van der Waals surface area contributed by atoms with Crippen molar-refractivity contribution in [3.05, 3.63) is 60.2 Å².